The minimum absolute atomic E-state index is 0.0646. The van der Waals surface area contributed by atoms with Gasteiger partial charge in [-0.05, 0) is 94.1 Å². The van der Waals surface area contributed by atoms with Gasteiger partial charge < -0.3 is 5.32 Å². The Morgan fingerprint density at radius 3 is 2.33 bits per heavy atom. The molecule has 0 bridgehead atoms. The van der Waals surface area contributed by atoms with E-state index in [0.717, 1.165) is 38.0 Å². The van der Waals surface area contributed by atoms with Gasteiger partial charge in [-0.15, -0.1) is 0 Å². The summed E-state index contributed by atoms with van der Waals surface area (Å²) in [6, 6.07) is 13.5. The third-order valence-corrected chi connectivity index (χ3v) is 9.30. The summed E-state index contributed by atoms with van der Waals surface area (Å²) in [4.78, 5) is 14.8. The van der Waals surface area contributed by atoms with Gasteiger partial charge in [-0.25, -0.2) is 8.42 Å². The van der Waals surface area contributed by atoms with Crippen molar-refractivity contribution >= 4 is 44.8 Å². The SMILES string of the molecule is CC1(C)CC2(CCN(CC(=O)Nc3ccc(Cl)cc3)CC2)CN1S(=O)(=O)c1cccc(Cl)c1. The highest BCUT2D eigenvalue weighted by Crippen LogP contribution is 2.49. The van der Waals surface area contributed by atoms with Crippen molar-refractivity contribution in [3.63, 3.8) is 0 Å². The van der Waals surface area contributed by atoms with Crippen LogP contribution in [0, 0.1) is 5.41 Å². The molecule has 2 aliphatic heterocycles. The molecule has 178 valence electrons. The zero-order valence-electron chi connectivity index (χ0n) is 18.9. The van der Waals surface area contributed by atoms with Crippen LogP contribution < -0.4 is 5.32 Å². The topological polar surface area (TPSA) is 69.7 Å². The standard InChI is InChI=1S/C24H29Cl2N3O3S/c1-23(2)16-24(17-29(23)33(31,32)21-5-3-4-19(26)14-21)10-12-28(13-11-24)15-22(30)27-20-8-6-18(25)7-9-20/h3-9,14H,10-13,15-17H2,1-2H3,(H,27,30). The van der Waals surface area contributed by atoms with Crippen LogP contribution in [0.15, 0.2) is 53.4 Å². The number of amides is 1. The molecule has 2 aromatic rings. The zero-order chi connectivity index (χ0) is 23.9. The van der Waals surface area contributed by atoms with Crippen LogP contribution in [-0.2, 0) is 14.8 Å². The second-order valence-corrected chi connectivity index (χ2v) is 12.5. The number of hydrogen-bond acceptors (Lipinski definition) is 4. The van der Waals surface area contributed by atoms with Crippen molar-refractivity contribution in [3.8, 4) is 0 Å². The third-order valence-electron chi connectivity index (χ3n) is 6.76. The van der Waals surface area contributed by atoms with Crippen LogP contribution in [0.25, 0.3) is 0 Å². The maximum atomic E-state index is 13.4. The fourth-order valence-electron chi connectivity index (χ4n) is 5.20. The lowest BCUT2D eigenvalue weighted by Gasteiger charge is -2.39. The molecule has 1 amide bonds. The molecule has 6 nitrogen and oxygen atoms in total. The van der Waals surface area contributed by atoms with E-state index in [-0.39, 0.29) is 16.2 Å². The van der Waals surface area contributed by atoms with Crippen molar-refractivity contribution in [3.05, 3.63) is 58.6 Å². The number of carbonyl (C=O) groups excluding carboxylic acids is 1. The molecular weight excluding hydrogens is 481 g/mol. The Bertz CT molecular complexity index is 1130. The first-order valence-corrected chi connectivity index (χ1v) is 13.3. The summed E-state index contributed by atoms with van der Waals surface area (Å²) in [5, 5.41) is 3.94. The van der Waals surface area contributed by atoms with Gasteiger partial charge >= 0.3 is 0 Å². The van der Waals surface area contributed by atoms with E-state index in [1.54, 1.807) is 46.8 Å². The number of nitrogens with one attached hydrogen (secondary N) is 1. The van der Waals surface area contributed by atoms with Crippen LogP contribution in [0.4, 0.5) is 5.69 Å². The molecule has 2 aromatic carbocycles. The van der Waals surface area contributed by atoms with Crippen LogP contribution in [0.1, 0.15) is 33.1 Å². The lowest BCUT2D eigenvalue weighted by molar-refractivity contribution is -0.117. The maximum absolute atomic E-state index is 13.4. The average molecular weight is 510 g/mol. The first kappa shape index (κ1) is 24.5. The number of piperidine rings is 1. The highest BCUT2D eigenvalue weighted by atomic mass is 35.5. The second kappa shape index (κ2) is 9.19. The summed E-state index contributed by atoms with van der Waals surface area (Å²) < 4.78 is 28.5. The number of nitrogens with zero attached hydrogens (tertiary/aromatic N) is 2. The lowest BCUT2D eigenvalue weighted by atomic mass is 9.74. The molecule has 0 atom stereocenters. The summed E-state index contributed by atoms with van der Waals surface area (Å²) in [6.07, 6.45) is 2.50. The van der Waals surface area contributed by atoms with Crippen LogP contribution in [0.2, 0.25) is 10.0 Å². The van der Waals surface area contributed by atoms with Gasteiger partial charge in [-0.3, -0.25) is 9.69 Å². The Kier molecular flexibility index (Phi) is 6.82. The summed E-state index contributed by atoms with van der Waals surface area (Å²) in [6.45, 7) is 6.31. The molecule has 2 saturated heterocycles. The van der Waals surface area contributed by atoms with Gasteiger partial charge in [0.05, 0.1) is 11.4 Å². The maximum Gasteiger partial charge on any atom is 0.243 e. The van der Waals surface area contributed by atoms with Gasteiger partial charge in [-0.1, -0.05) is 29.3 Å². The van der Waals surface area contributed by atoms with Crippen molar-refractivity contribution in [2.75, 3.05) is 31.5 Å². The number of sulfonamides is 1. The smallest absolute Gasteiger partial charge is 0.243 e. The van der Waals surface area contributed by atoms with E-state index in [4.69, 9.17) is 23.2 Å². The van der Waals surface area contributed by atoms with Gasteiger partial charge in [0.25, 0.3) is 0 Å². The predicted molar refractivity (Wildman–Crippen MR) is 132 cm³/mol. The molecule has 9 heteroatoms. The first-order chi connectivity index (χ1) is 15.5. The molecule has 0 radical (unpaired) electrons. The molecule has 1 N–H and O–H groups in total. The molecular formula is C24H29Cl2N3O3S. The van der Waals surface area contributed by atoms with Gasteiger partial charge in [0.15, 0.2) is 0 Å². The Labute approximate surface area is 205 Å². The van der Waals surface area contributed by atoms with E-state index in [1.807, 2.05) is 13.8 Å². The molecule has 1 spiro atoms. The minimum atomic E-state index is -3.65. The first-order valence-electron chi connectivity index (χ1n) is 11.1. The number of hydrogen-bond donors (Lipinski definition) is 1. The summed E-state index contributed by atoms with van der Waals surface area (Å²) >= 11 is 12.0. The average Bonchev–Trinajstić information content (AvgIpc) is 3.02. The molecule has 4 rings (SSSR count). The molecule has 2 fully saturated rings. The number of carbonyl (C=O) groups is 1. The highest BCUT2D eigenvalue weighted by Gasteiger charge is 2.53. The quantitative estimate of drug-likeness (QED) is 0.622. The lowest BCUT2D eigenvalue weighted by Crippen LogP contribution is -2.45. The largest absolute Gasteiger partial charge is 0.325 e. The summed E-state index contributed by atoms with van der Waals surface area (Å²) in [5.74, 6) is -0.0646. The molecule has 33 heavy (non-hydrogen) atoms. The number of anilines is 1. The van der Waals surface area contributed by atoms with Crippen LogP contribution in [-0.4, -0.2) is 55.2 Å². The number of rotatable bonds is 5. The fourth-order valence-corrected chi connectivity index (χ4v) is 7.52. The number of benzene rings is 2. The van der Waals surface area contributed by atoms with Crippen LogP contribution in [0.5, 0.6) is 0 Å². The van der Waals surface area contributed by atoms with Crippen molar-refractivity contribution in [2.24, 2.45) is 5.41 Å². The van der Waals surface area contributed by atoms with E-state index in [1.165, 1.54) is 6.07 Å². The number of likely N-dealkylation sites (tertiary alicyclic amines) is 1. The molecule has 0 saturated carbocycles. The van der Waals surface area contributed by atoms with Gasteiger partial charge in [0.1, 0.15) is 0 Å². The Balaban J connectivity index is 1.39. The van der Waals surface area contributed by atoms with E-state index in [2.05, 4.69) is 10.2 Å². The van der Waals surface area contributed by atoms with E-state index < -0.39 is 15.6 Å². The molecule has 2 aliphatic rings. The summed E-state index contributed by atoms with van der Waals surface area (Å²) in [7, 11) is -3.65. The van der Waals surface area contributed by atoms with Crippen molar-refractivity contribution in [2.45, 2.75) is 43.5 Å². The van der Waals surface area contributed by atoms with Crippen LogP contribution >= 0.6 is 23.2 Å². The van der Waals surface area contributed by atoms with E-state index >= 15 is 0 Å². The monoisotopic (exact) mass is 509 g/mol. The van der Waals surface area contributed by atoms with Gasteiger partial charge in [-0.2, -0.15) is 4.31 Å². The van der Waals surface area contributed by atoms with Gasteiger partial charge in [0, 0.05) is 27.8 Å². The van der Waals surface area contributed by atoms with Gasteiger partial charge in [0.2, 0.25) is 15.9 Å². The minimum Gasteiger partial charge on any atom is -0.325 e. The van der Waals surface area contributed by atoms with E-state index in [9.17, 15) is 13.2 Å². The third kappa shape index (κ3) is 5.38. The van der Waals surface area contributed by atoms with Crippen molar-refractivity contribution in [1.82, 2.24) is 9.21 Å². The molecule has 2 heterocycles. The van der Waals surface area contributed by atoms with Crippen molar-refractivity contribution < 1.29 is 13.2 Å². The predicted octanol–water partition coefficient (Wildman–Crippen LogP) is 4.89. The Hall–Kier alpha value is -1.64. The zero-order valence-corrected chi connectivity index (χ0v) is 21.2. The highest BCUT2D eigenvalue weighted by molar-refractivity contribution is 7.89. The second-order valence-electron chi connectivity index (χ2n) is 9.79. The number of halogens is 2. The summed E-state index contributed by atoms with van der Waals surface area (Å²) in [5.41, 5.74) is 0.144. The molecule has 0 unspecified atom stereocenters. The Morgan fingerprint density at radius 2 is 1.70 bits per heavy atom. The van der Waals surface area contributed by atoms with E-state index in [0.29, 0.717) is 23.1 Å². The van der Waals surface area contributed by atoms with Crippen LogP contribution in [0.3, 0.4) is 0 Å². The molecule has 0 aliphatic carbocycles. The molecule has 0 aromatic heterocycles. The van der Waals surface area contributed by atoms with Crippen molar-refractivity contribution in [1.29, 1.82) is 0 Å². The normalized spacial score (nSPS) is 20.7. The fraction of sp³-hybridized carbons (Fsp3) is 0.458. The Morgan fingerprint density at radius 1 is 1.03 bits per heavy atom.